The Bertz CT molecular complexity index is 1070. The molecule has 1 aromatic carbocycles. The quantitative estimate of drug-likeness (QED) is 0.597. The first-order valence-corrected chi connectivity index (χ1v) is 11.7. The third kappa shape index (κ3) is 5.20. The molecule has 1 saturated heterocycles. The van der Waals surface area contributed by atoms with E-state index in [0.717, 1.165) is 43.5 Å². The topological polar surface area (TPSA) is 89.8 Å². The lowest BCUT2D eigenvalue weighted by atomic mass is 9.77. The molecule has 4 atom stereocenters. The zero-order valence-electron chi connectivity index (χ0n) is 19.2. The summed E-state index contributed by atoms with van der Waals surface area (Å²) in [4.78, 5) is 25.7. The van der Waals surface area contributed by atoms with Crippen LogP contribution in [-0.2, 0) is 16.0 Å². The average molecular weight is 477 g/mol. The van der Waals surface area contributed by atoms with Gasteiger partial charge in [-0.05, 0) is 81.1 Å². The number of aryl methyl sites for hydroxylation is 1. The second-order valence-electron chi connectivity index (χ2n) is 9.67. The molecule has 1 aliphatic heterocycles. The zero-order chi connectivity index (χ0) is 22.2. The molecule has 33 heavy (non-hydrogen) atoms. The molecule has 1 aromatic heterocycles. The molecule has 2 heterocycles. The van der Waals surface area contributed by atoms with Gasteiger partial charge in [0.1, 0.15) is 11.3 Å². The predicted octanol–water partition coefficient (Wildman–Crippen LogP) is 2.98. The van der Waals surface area contributed by atoms with Gasteiger partial charge in [0, 0.05) is 18.1 Å². The fourth-order valence-corrected chi connectivity index (χ4v) is 5.28. The van der Waals surface area contributed by atoms with E-state index in [1.165, 1.54) is 12.8 Å². The van der Waals surface area contributed by atoms with Gasteiger partial charge in [-0.2, -0.15) is 0 Å². The summed E-state index contributed by atoms with van der Waals surface area (Å²) in [7, 11) is 1.57. The molecule has 8 heteroatoms. The number of halogens is 1. The molecule has 1 amide bonds. The zero-order valence-corrected chi connectivity index (χ0v) is 20.0. The lowest BCUT2D eigenvalue weighted by Gasteiger charge is -2.38. The highest BCUT2D eigenvalue weighted by Gasteiger charge is 2.41. The van der Waals surface area contributed by atoms with Gasteiger partial charge < -0.3 is 24.5 Å². The van der Waals surface area contributed by atoms with Gasteiger partial charge in [-0.25, -0.2) is 4.79 Å². The first-order chi connectivity index (χ1) is 15.5. The van der Waals surface area contributed by atoms with E-state index < -0.39 is 5.63 Å². The number of methoxy groups -OCH3 is 1. The van der Waals surface area contributed by atoms with Crippen molar-refractivity contribution in [3.8, 4) is 5.75 Å². The predicted molar refractivity (Wildman–Crippen MR) is 128 cm³/mol. The molecule has 7 nitrogen and oxygen atoms in total. The van der Waals surface area contributed by atoms with Gasteiger partial charge in [0.2, 0.25) is 5.91 Å². The average Bonchev–Trinajstić information content (AvgIpc) is 3.50. The minimum absolute atomic E-state index is 0. The van der Waals surface area contributed by atoms with E-state index in [9.17, 15) is 9.59 Å². The summed E-state index contributed by atoms with van der Waals surface area (Å²) >= 11 is 0. The molecule has 5 rings (SSSR count). The van der Waals surface area contributed by atoms with E-state index in [2.05, 4.69) is 10.6 Å². The Morgan fingerprint density at radius 3 is 2.70 bits per heavy atom. The van der Waals surface area contributed by atoms with E-state index in [1.807, 2.05) is 19.1 Å². The second kappa shape index (κ2) is 10.0. The number of ether oxygens (including phenoxy) is 2. The smallest absolute Gasteiger partial charge is 0.340 e. The fourth-order valence-electron chi connectivity index (χ4n) is 5.28. The Kier molecular flexibility index (Phi) is 7.31. The van der Waals surface area contributed by atoms with Gasteiger partial charge in [0.15, 0.2) is 0 Å². The minimum atomic E-state index is -0.469. The summed E-state index contributed by atoms with van der Waals surface area (Å²) < 4.78 is 17.0. The van der Waals surface area contributed by atoms with Crippen molar-refractivity contribution in [1.82, 2.24) is 10.6 Å². The van der Waals surface area contributed by atoms with Crippen LogP contribution in [0.2, 0.25) is 0 Å². The molecule has 2 aliphatic carbocycles. The lowest BCUT2D eigenvalue weighted by molar-refractivity contribution is -0.123. The number of carbonyl (C=O) groups excluding carboxylic acids is 1. The molecular formula is C25H33ClN2O5. The van der Waals surface area contributed by atoms with Gasteiger partial charge in [-0.15, -0.1) is 12.4 Å². The molecule has 2 aromatic rings. The molecule has 2 N–H and O–H groups in total. The van der Waals surface area contributed by atoms with Crippen LogP contribution in [0.15, 0.2) is 27.4 Å². The van der Waals surface area contributed by atoms with Crippen LogP contribution < -0.4 is 21.0 Å². The van der Waals surface area contributed by atoms with E-state index in [4.69, 9.17) is 13.9 Å². The molecule has 0 unspecified atom stereocenters. The first-order valence-electron chi connectivity index (χ1n) is 11.7. The number of fused-ring (bicyclic) bond motifs is 2. The van der Waals surface area contributed by atoms with Crippen molar-refractivity contribution in [2.45, 2.75) is 51.2 Å². The van der Waals surface area contributed by atoms with E-state index in [-0.39, 0.29) is 36.9 Å². The third-order valence-corrected chi connectivity index (χ3v) is 7.44. The van der Waals surface area contributed by atoms with Crippen molar-refractivity contribution in [2.24, 2.45) is 17.8 Å². The number of hydrogen-bond donors (Lipinski definition) is 2. The van der Waals surface area contributed by atoms with Crippen molar-refractivity contribution < 1.29 is 18.7 Å². The number of nitrogens with one attached hydrogen (secondary N) is 2. The Balaban J connectivity index is 0.00000259. The highest BCUT2D eigenvalue weighted by Crippen LogP contribution is 2.36. The lowest BCUT2D eigenvalue weighted by Crippen LogP contribution is -2.51. The number of rotatable bonds is 7. The molecule has 2 saturated carbocycles. The van der Waals surface area contributed by atoms with Crippen LogP contribution in [0, 0.1) is 24.7 Å². The Morgan fingerprint density at radius 2 is 1.97 bits per heavy atom. The number of amides is 1. The van der Waals surface area contributed by atoms with Crippen molar-refractivity contribution in [2.75, 3.05) is 26.8 Å². The SMILES string of the molecule is COc1ccc2c(C)c(CC(=O)N[C@H]3C[C@H]4CNC[C@H]4C[C@@H]3OCC3CC3)c(=O)oc2c1.Cl. The van der Waals surface area contributed by atoms with Crippen LogP contribution in [0.25, 0.3) is 11.0 Å². The maximum Gasteiger partial charge on any atom is 0.340 e. The fraction of sp³-hybridized carbons (Fsp3) is 0.600. The summed E-state index contributed by atoms with van der Waals surface area (Å²) in [5, 5.41) is 7.50. The van der Waals surface area contributed by atoms with Crippen molar-refractivity contribution in [3.63, 3.8) is 0 Å². The van der Waals surface area contributed by atoms with Crippen LogP contribution in [0.4, 0.5) is 0 Å². The van der Waals surface area contributed by atoms with E-state index in [0.29, 0.717) is 34.6 Å². The third-order valence-electron chi connectivity index (χ3n) is 7.44. The Labute approximate surface area is 200 Å². The monoisotopic (exact) mass is 476 g/mol. The van der Waals surface area contributed by atoms with Crippen LogP contribution in [-0.4, -0.2) is 44.9 Å². The van der Waals surface area contributed by atoms with Crippen molar-refractivity contribution in [1.29, 1.82) is 0 Å². The molecule has 3 fully saturated rings. The van der Waals surface area contributed by atoms with Crippen LogP contribution >= 0.6 is 12.4 Å². The van der Waals surface area contributed by atoms with Crippen LogP contribution in [0.1, 0.15) is 36.8 Å². The maximum atomic E-state index is 13.0. The van der Waals surface area contributed by atoms with Crippen LogP contribution in [0.5, 0.6) is 5.75 Å². The number of carbonyl (C=O) groups is 1. The van der Waals surface area contributed by atoms with Gasteiger partial charge >= 0.3 is 5.63 Å². The van der Waals surface area contributed by atoms with Gasteiger partial charge in [0.05, 0.1) is 31.2 Å². The Morgan fingerprint density at radius 1 is 1.21 bits per heavy atom. The molecule has 0 spiro atoms. The van der Waals surface area contributed by atoms with Gasteiger partial charge in [-0.3, -0.25) is 4.79 Å². The van der Waals surface area contributed by atoms with Gasteiger partial charge in [0.25, 0.3) is 0 Å². The number of hydrogen-bond acceptors (Lipinski definition) is 6. The number of benzene rings is 1. The Hall–Kier alpha value is -2.09. The summed E-state index contributed by atoms with van der Waals surface area (Å²) in [6.07, 6.45) is 4.45. The molecule has 0 radical (unpaired) electrons. The summed E-state index contributed by atoms with van der Waals surface area (Å²) in [6, 6.07) is 5.38. The molecular weight excluding hydrogens is 444 g/mol. The summed E-state index contributed by atoms with van der Waals surface area (Å²) in [6.45, 7) is 4.70. The van der Waals surface area contributed by atoms with E-state index in [1.54, 1.807) is 13.2 Å². The summed E-state index contributed by atoms with van der Waals surface area (Å²) in [5.41, 5.74) is 1.19. The highest BCUT2D eigenvalue weighted by molar-refractivity contribution is 5.86. The minimum Gasteiger partial charge on any atom is -0.497 e. The summed E-state index contributed by atoms with van der Waals surface area (Å²) in [5.74, 6) is 2.36. The standard InChI is InChI=1S/C25H32N2O5.ClH/c1-14-19-6-5-18(30-2)9-22(19)32-25(29)20(14)10-24(28)27-21-7-16-11-26-12-17(16)8-23(21)31-13-15-3-4-15;/h5-6,9,15-17,21,23,26H,3-4,7-8,10-13H2,1-2H3,(H,27,28);1H/t16-,17+,21-,23-;/m0./s1. The molecule has 3 aliphatic rings. The van der Waals surface area contributed by atoms with E-state index >= 15 is 0 Å². The highest BCUT2D eigenvalue weighted by atomic mass is 35.5. The van der Waals surface area contributed by atoms with Crippen molar-refractivity contribution >= 4 is 29.3 Å². The van der Waals surface area contributed by atoms with Crippen LogP contribution in [0.3, 0.4) is 0 Å². The normalized spacial score (nSPS) is 26.5. The second-order valence-corrected chi connectivity index (χ2v) is 9.67. The maximum absolute atomic E-state index is 13.0. The van der Waals surface area contributed by atoms with Crippen molar-refractivity contribution in [3.05, 3.63) is 39.7 Å². The molecule has 180 valence electrons. The molecule has 0 bridgehead atoms. The first kappa shape index (κ1) is 24.0. The van der Waals surface area contributed by atoms with Gasteiger partial charge in [-0.1, -0.05) is 0 Å². The largest absolute Gasteiger partial charge is 0.497 e.